The zero-order valence-electron chi connectivity index (χ0n) is 10.3. The molecule has 18 heavy (non-hydrogen) atoms. The molecule has 2 rings (SSSR count). The number of aryl methyl sites for hydroxylation is 1. The minimum absolute atomic E-state index is 0.176. The SMILES string of the molecule is Cc1cccc(CN(C)C(=O)c2cn[nH]c2N)n1. The molecule has 0 aromatic carbocycles. The largest absolute Gasteiger partial charge is 0.383 e. The van der Waals surface area contributed by atoms with Gasteiger partial charge in [-0.1, -0.05) is 6.07 Å². The van der Waals surface area contributed by atoms with Gasteiger partial charge in [-0.2, -0.15) is 5.10 Å². The van der Waals surface area contributed by atoms with Gasteiger partial charge in [0.15, 0.2) is 0 Å². The topological polar surface area (TPSA) is 87.9 Å². The van der Waals surface area contributed by atoms with Gasteiger partial charge < -0.3 is 10.6 Å². The highest BCUT2D eigenvalue weighted by Gasteiger charge is 2.16. The van der Waals surface area contributed by atoms with E-state index >= 15 is 0 Å². The molecule has 94 valence electrons. The van der Waals surface area contributed by atoms with Crippen LogP contribution in [0.3, 0.4) is 0 Å². The molecule has 1 amide bonds. The third-order valence-corrected chi connectivity index (χ3v) is 2.59. The molecule has 2 aromatic heterocycles. The van der Waals surface area contributed by atoms with Crippen molar-refractivity contribution in [3.63, 3.8) is 0 Å². The number of hydrogen-bond donors (Lipinski definition) is 2. The van der Waals surface area contributed by atoms with Crippen molar-refractivity contribution < 1.29 is 4.79 Å². The van der Waals surface area contributed by atoms with Gasteiger partial charge >= 0.3 is 0 Å². The van der Waals surface area contributed by atoms with Crippen molar-refractivity contribution in [1.82, 2.24) is 20.1 Å². The van der Waals surface area contributed by atoms with E-state index in [-0.39, 0.29) is 11.7 Å². The highest BCUT2D eigenvalue weighted by molar-refractivity contribution is 5.97. The van der Waals surface area contributed by atoms with Crippen LogP contribution in [0.2, 0.25) is 0 Å². The molecule has 2 heterocycles. The highest BCUT2D eigenvalue weighted by atomic mass is 16.2. The molecule has 0 bridgehead atoms. The van der Waals surface area contributed by atoms with Gasteiger partial charge in [0.1, 0.15) is 11.4 Å². The first kappa shape index (κ1) is 12.1. The molecule has 0 aliphatic carbocycles. The third kappa shape index (κ3) is 2.48. The summed E-state index contributed by atoms with van der Waals surface area (Å²) in [6, 6.07) is 5.72. The number of hydrogen-bond acceptors (Lipinski definition) is 4. The molecule has 6 nitrogen and oxygen atoms in total. The minimum Gasteiger partial charge on any atom is -0.383 e. The number of nitrogen functional groups attached to an aromatic ring is 1. The fourth-order valence-corrected chi connectivity index (χ4v) is 1.67. The molecule has 3 N–H and O–H groups in total. The van der Waals surface area contributed by atoms with Gasteiger partial charge in [0, 0.05) is 12.7 Å². The number of rotatable bonds is 3. The predicted molar refractivity (Wildman–Crippen MR) is 67.8 cm³/mol. The number of nitrogens with zero attached hydrogens (tertiary/aromatic N) is 3. The zero-order valence-corrected chi connectivity index (χ0v) is 10.3. The molecule has 6 heteroatoms. The summed E-state index contributed by atoms with van der Waals surface area (Å²) in [5.74, 6) is 0.105. The van der Waals surface area contributed by atoms with E-state index in [0.717, 1.165) is 11.4 Å². The molecule has 0 aliphatic heterocycles. The lowest BCUT2D eigenvalue weighted by molar-refractivity contribution is 0.0784. The molecule has 0 radical (unpaired) electrons. The van der Waals surface area contributed by atoms with Crippen LogP contribution in [0.25, 0.3) is 0 Å². The van der Waals surface area contributed by atoms with Crippen molar-refractivity contribution in [2.45, 2.75) is 13.5 Å². The molecule has 0 spiro atoms. The van der Waals surface area contributed by atoms with Gasteiger partial charge in [-0.3, -0.25) is 14.9 Å². The second-order valence-corrected chi connectivity index (χ2v) is 4.13. The van der Waals surface area contributed by atoms with Gasteiger partial charge in [-0.15, -0.1) is 0 Å². The molecular formula is C12H15N5O. The summed E-state index contributed by atoms with van der Waals surface area (Å²) in [5, 5.41) is 6.28. The van der Waals surface area contributed by atoms with E-state index in [9.17, 15) is 4.79 Å². The fourth-order valence-electron chi connectivity index (χ4n) is 1.67. The number of nitrogens with one attached hydrogen (secondary N) is 1. The normalized spacial score (nSPS) is 10.3. The number of pyridine rings is 1. The molecule has 0 saturated heterocycles. The van der Waals surface area contributed by atoms with Crippen molar-refractivity contribution in [1.29, 1.82) is 0 Å². The number of aromatic nitrogens is 3. The van der Waals surface area contributed by atoms with E-state index in [1.807, 2.05) is 25.1 Å². The van der Waals surface area contributed by atoms with Crippen LogP contribution in [0.5, 0.6) is 0 Å². The number of H-pyrrole nitrogens is 1. The Hall–Kier alpha value is -2.37. The summed E-state index contributed by atoms with van der Waals surface area (Å²) in [7, 11) is 1.71. The maximum Gasteiger partial charge on any atom is 0.259 e. The number of amides is 1. The summed E-state index contributed by atoms with van der Waals surface area (Å²) in [6.07, 6.45) is 1.43. The molecule has 0 atom stereocenters. The number of carbonyl (C=O) groups excluding carboxylic acids is 1. The van der Waals surface area contributed by atoms with E-state index in [2.05, 4.69) is 15.2 Å². The van der Waals surface area contributed by atoms with Crippen molar-refractivity contribution >= 4 is 11.7 Å². The summed E-state index contributed by atoms with van der Waals surface area (Å²) >= 11 is 0. The number of nitrogens with two attached hydrogens (primary N) is 1. The average molecular weight is 245 g/mol. The minimum atomic E-state index is -0.176. The van der Waals surface area contributed by atoms with Crippen molar-refractivity contribution in [2.24, 2.45) is 0 Å². The molecule has 0 aliphatic rings. The van der Waals surface area contributed by atoms with E-state index in [1.54, 1.807) is 11.9 Å². The van der Waals surface area contributed by atoms with Crippen molar-refractivity contribution in [3.05, 3.63) is 41.3 Å². The summed E-state index contributed by atoms with van der Waals surface area (Å²) in [5.41, 5.74) is 7.76. The molecule has 0 unspecified atom stereocenters. The summed E-state index contributed by atoms with van der Waals surface area (Å²) in [6.45, 7) is 2.35. The Morgan fingerprint density at radius 3 is 2.89 bits per heavy atom. The first-order chi connectivity index (χ1) is 8.58. The van der Waals surface area contributed by atoms with E-state index in [0.29, 0.717) is 12.1 Å². The smallest absolute Gasteiger partial charge is 0.259 e. The number of carbonyl (C=O) groups is 1. The van der Waals surface area contributed by atoms with Gasteiger partial charge in [-0.25, -0.2) is 0 Å². The second-order valence-electron chi connectivity index (χ2n) is 4.13. The van der Waals surface area contributed by atoms with Crippen LogP contribution in [-0.4, -0.2) is 33.0 Å². The standard InChI is InChI=1S/C12H15N5O/c1-8-4-3-5-9(15-8)7-17(2)12(18)10-6-14-16-11(10)13/h3-6H,7H2,1-2H3,(H3,13,14,16). The Labute approximate surface area is 105 Å². The monoisotopic (exact) mass is 245 g/mol. The molecular weight excluding hydrogens is 230 g/mol. The molecule has 0 fully saturated rings. The van der Waals surface area contributed by atoms with E-state index < -0.39 is 0 Å². The quantitative estimate of drug-likeness (QED) is 0.843. The Bertz CT molecular complexity index is 563. The van der Waals surface area contributed by atoms with Crippen molar-refractivity contribution in [2.75, 3.05) is 12.8 Å². The van der Waals surface area contributed by atoms with Crippen LogP contribution < -0.4 is 5.73 Å². The Balaban J connectivity index is 2.11. The summed E-state index contributed by atoms with van der Waals surface area (Å²) in [4.78, 5) is 18.0. The average Bonchev–Trinajstić information content (AvgIpc) is 2.74. The molecule has 0 saturated carbocycles. The Kier molecular flexibility index (Phi) is 3.27. The molecule has 2 aromatic rings. The fraction of sp³-hybridized carbons (Fsp3) is 0.250. The first-order valence-electron chi connectivity index (χ1n) is 5.55. The van der Waals surface area contributed by atoms with Gasteiger partial charge in [0.05, 0.1) is 18.4 Å². The van der Waals surface area contributed by atoms with Gasteiger partial charge in [-0.05, 0) is 19.1 Å². The van der Waals surface area contributed by atoms with Crippen LogP contribution in [0.4, 0.5) is 5.82 Å². The summed E-state index contributed by atoms with van der Waals surface area (Å²) < 4.78 is 0. The number of aromatic amines is 1. The van der Waals surface area contributed by atoms with Crippen LogP contribution in [-0.2, 0) is 6.54 Å². The van der Waals surface area contributed by atoms with E-state index in [1.165, 1.54) is 6.20 Å². The Morgan fingerprint density at radius 1 is 1.50 bits per heavy atom. The van der Waals surface area contributed by atoms with Crippen LogP contribution in [0.1, 0.15) is 21.7 Å². The lowest BCUT2D eigenvalue weighted by Crippen LogP contribution is -2.27. The van der Waals surface area contributed by atoms with Crippen LogP contribution in [0.15, 0.2) is 24.4 Å². The Morgan fingerprint density at radius 2 is 2.28 bits per heavy atom. The van der Waals surface area contributed by atoms with Gasteiger partial charge in [0.2, 0.25) is 0 Å². The van der Waals surface area contributed by atoms with Crippen LogP contribution in [0, 0.1) is 6.92 Å². The lowest BCUT2D eigenvalue weighted by Gasteiger charge is -2.16. The predicted octanol–water partition coefficient (Wildman–Crippen LogP) is 0.968. The maximum atomic E-state index is 12.1. The van der Waals surface area contributed by atoms with Gasteiger partial charge in [0.25, 0.3) is 5.91 Å². The van der Waals surface area contributed by atoms with E-state index in [4.69, 9.17) is 5.73 Å². The zero-order chi connectivity index (χ0) is 13.1. The maximum absolute atomic E-state index is 12.1. The first-order valence-corrected chi connectivity index (χ1v) is 5.55. The second kappa shape index (κ2) is 4.87. The highest BCUT2D eigenvalue weighted by Crippen LogP contribution is 2.11. The lowest BCUT2D eigenvalue weighted by atomic mass is 10.2. The third-order valence-electron chi connectivity index (χ3n) is 2.59. The van der Waals surface area contributed by atoms with Crippen molar-refractivity contribution in [3.8, 4) is 0 Å². The number of anilines is 1. The van der Waals surface area contributed by atoms with Crippen LogP contribution >= 0.6 is 0 Å².